The van der Waals surface area contributed by atoms with Gasteiger partial charge in [-0.2, -0.15) is 0 Å². The first-order valence-electron chi connectivity index (χ1n) is 19.0. The van der Waals surface area contributed by atoms with E-state index in [-0.39, 0.29) is 33.1 Å². The molecule has 4 saturated carbocycles. The summed E-state index contributed by atoms with van der Waals surface area (Å²) in [5.74, 6) is 2.93. The largest absolute Gasteiger partial charge is 0.478 e. The van der Waals surface area contributed by atoms with E-state index in [1.54, 1.807) is 12.1 Å². The van der Waals surface area contributed by atoms with Crippen LogP contribution in [0.1, 0.15) is 127 Å². The zero-order valence-corrected chi connectivity index (χ0v) is 31.1. The summed E-state index contributed by atoms with van der Waals surface area (Å²) >= 11 is 0. The van der Waals surface area contributed by atoms with Crippen LogP contribution in [-0.4, -0.2) is 32.1 Å². The first kappa shape index (κ1) is 34.3. The van der Waals surface area contributed by atoms with Crippen LogP contribution in [0.2, 0.25) is 0 Å². The fourth-order valence-electron chi connectivity index (χ4n) is 13.5. The van der Waals surface area contributed by atoms with Gasteiger partial charge in [0.15, 0.2) is 0 Å². The number of rotatable bonds is 7. The second-order valence-corrected chi connectivity index (χ2v) is 18.3. The van der Waals surface area contributed by atoms with Gasteiger partial charge in [-0.1, -0.05) is 65.0 Å². The number of allylic oxidation sites excluding steroid dienone is 3. The molecule has 0 spiro atoms. The molecule has 4 fully saturated rings. The number of carbonyl (C=O) groups excluding carboxylic acids is 1. The minimum Gasteiger partial charge on any atom is -0.478 e. The average molecular weight is 666 g/mol. The van der Waals surface area contributed by atoms with E-state index in [1.165, 1.54) is 48.8 Å². The maximum absolute atomic E-state index is 13.7. The summed E-state index contributed by atoms with van der Waals surface area (Å²) in [5, 5.41) is 13.2. The Hall–Kier alpha value is -3.15. The molecule has 1 aromatic carbocycles. The molecule has 0 saturated heterocycles. The topological polar surface area (TPSA) is 84.2 Å². The highest BCUT2D eigenvalue weighted by molar-refractivity contribution is 5.88. The molecule has 1 aromatic heterocycles. The van der Waals surface area contributed by atoms with Crippen molar-refractivity contribution in [2.75, 3.05) is 0 Å². The number of amides is 1. The molecule has 2 aromatic rings. The Morgan fingerprint density at radius 2 is 1.69 bits per heavy atom. The van der Waals surface area contributed by atoms with Gasteiger partial charge in [-0.05, 0) is 139 Å². The van der Waals surface area contributed by atoms with Crippen LogP contribution in [0.25, 0.3) is 5.57 Å². The van der Waals surface area contributed by atoms with Gasteiger partial charge in [0.25, 0.3) is 0 Å². The molecule has 264 valence electrons. The van der Waals surface area contributed by atoms with E-state index < -0.39 is 5.97 Å². The van der Waals surface area contributed by atoms with Crippen LogP contribution >= 0.6 is 0 Å². The summed E-state index contributed by atoms with van der Waals surface area (Å²) in [6.45, 7) is 19.6. The maximum Gasteiger partial charge on any atom is 0.335 e. The van der Waals surface area contributed by atoms with Gasteiger partial charge in [-0.25, -0.2) is 9.78 Å². The van der Waals surface area contributed by atoms with Gasteiger partial charge in [0.1, 0.15) is 5.82 Å². The summed E-state index contributed by atoms with van der Waals surface area (Å²) < 4.78 is 2.02. The van der Waals surface area contributed by atoms with Crippen molar-refractivity contribution in [2.45, 2.75) is 118 Å². The second-order valence-electron chi connectivity index (χ2n) is 18.3. The van der Waals surface area contributed by atoms with E-state index in [0.717, 1.165) is 31.5 Å². The molecule has 9 atom stereocenters. The monoisotopic (exact) mass is 665 g/mol. The normalized spacial score (nSPS) is 39.1. The lowest BCUT2D eigenvalue weighted by molar-refractivity contribution is -0.219. The number of carbonyl (C=O) groups is 2. The highest BCUT2D eigenvalue weighted by atomic mass is 16.4. The number of carboxylic acid groups (broad SMARTS) is 1. The number of benzene rings is 1. The summed E-state index contributed by atoms with van der Waals surface area (Å²) in [4.78, 5) is 29.7. The van der Waals surface area contributed by atoms with Crippen LogP contribution in [0.3, 0.4) is 0 Å². The number of aromatic nitrogens is 2. The Kier molecular flexibility index (Phi) is 8.19. The van der Waals surface area contributed by atoms with Crippen molar-refractivity contribution >= 4 is 17.4 Å². The third kappa shape index (κ3) is 5.04. The Balaban J connectivity index is 1.17. The number of hydrogen-bond acceptors (Lipinski definition) is 3. The molecule has 6 nitrogen and oxygen atoms in total. The van der Waals surface area contributed by atoms with Crippen LogP contribution < -0.4 is 5.32 Å². The van der Waals surface area contributed by atoms with E-state index in [4.69, 9.17) is 0 Å². The lowest BCUT2D eigenvalue weighted by Gasteiger charge is -2.72. The quantitative estimate of drug-likeness (QED) is 0.289. The van der Waals surface area contributed by atoms with Gasteiger partial charge < -0.3 is 15.0 Å². The van der Waals surface area contributed by atoms with Gasteiger partial charge in [0.05, 0.1) is 5.56 Å². The first-order chi connectivity index (χ1) is 23.1. The molecule has 49 heavy (non-hydrogen) atoms. The molecular weight excluding hydrogens is 606 g/mol. The zero-order valence-electron chi connectivity index (χ0n) is 31.1. The van der Waals surface area contributed by atoms with Crippen molar-refractivity contribution in [1.82, 2.24) is 14.9 Å². The second kappa shape index (κ2) is 11.7. The van der Waals surface area contributed by atoms with Crippen molar-refractivity contribution in [2.24, 2.45) is 58.3 Å². The molecule has 5 aliphatic rings. The minimum absolute atomic E-state index is 0.00570. The summed E-state index contributed by atoms with van der Waals surface area (Å²) in [5.41, 5.74) is 4.67. The van der Waals surface area contributed by atoms with Crippen molar-refractivity contribution in [1.29, 1.82) is 0 Å². The average Bonchev–Trinajstić information content (AvgIpc) is 3.63. The highest BCUT2D eigenvalue weighted by Crippen LogP contribution is 2.76. The number of hydrogen-bond donors (Lipinski definition) is 2. The van der Waals surface area contributed by atoms with Gasteiger partial charge >= 0.3 is 5.97 Å². The highest BCUT2D eigenvalue weighted by Gasteiger charge is 2.70. The molecule has 0 aliphatic heterocycles. The van der Waals surface area contributed by atoms with Crippen molar-refractivity contribution in [3.05, 3.63) is 71.8 Å². The molecule has 0 unspecified atom stereocenters. The van der Waals surface area contributed by atoms with Crippen LogP contribution in [-0.2, 0) is 18.3 Å². The molecule has 0 bridgehead atoms. The molecule has 2 N–H and O–H groups in total. The van der Waals surface area contributed by atoms with Crippen LogP contribution in [0.5, 0.6) is 0 Å². The molecule has 6 heteroatoms. The lowest BCUT2D eigenvalue weighted by atomic mass is 9.33. The van der Waals surface area contributed by atoms with Gasteiger partial charge in [-0.3, -0.25) is 4.79 Å². The third-order valence-corrected chi connectivity index (χ3v) is 16.0. The molecule has 0 radical (unpaired) electrons. The molecule has 1 heterocycles. The Morgan fingerprint density at radius 3 is 2.35 bits per heavy atom. The number of nitrogens with one attached hydrogen (secondary N) is 1. The zero-order chi connectivity index (χ0) is 35.1. The Morgan fingerprint density at radius 1 is 0.959 bits per heavy atom. The van der Waals surface area contributed by atoms with Crippen LogP contribution in [0.15, 0.2) is 54.9 Å². The summed E-state index contributed by atoms with van der Waals surface area (Å²) in [7, 11) is 2.00. The molecular formula is C43H59N3O3. The first-order valence-corrected chi connectivity index (χ1v) is 19.0. The van der Waals surface area contributed by atoms with Crippen molar-refractivity contribution in [3.8, 4) is 0 Å². The fourth-order valence-corrected chi connectivity index (χ4v) is 13.5. The number of nitrogens with zero attached hydrogens (tertiary/aromatic N) is 2. The van der Waals surface area contributed by atoms with E-state index in [2.05, 4.69) is 64.5 Å². The number of fused-ring (bicyclic) bond motifs is 7. The third-order valence-electron chi connectivity index (χ3n) is 16.0. The molecule has 7 rings (SSSR count). The number of aryl methyl sites for hydroxylation is 2. The smallest absolute Gasteiger partial charge is 0.335 e. The SMILES string of the molecule is C=C(C)[C@@H]1CC[C@]2(NC(=O)CCc3nccn3C)CC[C@]3(C)[C@H](CC[C@@H]4[C@@]5(C)CC=C(c6ccc(C(=O)O)cc6)C(C)(C)[C@@H]5CC[C@]43C)[C@@H]12. The van der Waals surface area contributed by atoms with Crippen molar-refractivity contribution < 1.29 is 14.7 Å². The maximum atomic E-state index is 13.7. The van der Waals surface area contributed by atoms with E-state index in [0.29, 0.717) is 48.0 Å². The Labute approximate surface area is 294 Å². The van der Waals surface area contributed by atoms with E-state index >= 15 is 0 Å². The fraction of sp³-hybridized carbons (Fsp3) is 0.651. The van der Waals surface area contributed by atoms with Crippen molar-refractivity contribution in [3.63, 3.8) is 0 Å². The number of imidazole rings is 1. The standard InChI is InChI=1S/C43H59N3O3/c1-27(2)30-17-22-43(45-36(47)16-15-35-44-25-26-46(35)8)24-23-41(6)32(37(30)43)13-14-34-40(5)20-18-31(28-9-11-29(12-10-28)38(48)49)39(3,4)33(40)19-21-42(34,41)7/h9-12,18,25-26,30,32-34,37H,1,13-17,19-24H2,2-8H3,(H,45,47)(H,48,49)/t30-,32+,33-,34+,37+,40-,41+,42+,43-/m0/s1. The summed E-state index contributed by atoms with van der Waals surface area (Å²) in [6, 6.07) is 7.56. The van der Waals surface area contributed by atoms with Crippen LogP contribution in [0.4, 0.5) is 0 Å². The molecule has 5 aliphatic carbocycles. The molecule has 1 amide bonds. The number of aromatic carboxylic acids is 1. The number of carboxylic acids is 1. The summed E-state index contributed by atoms with van der Waals surface area (Å²) in [6.07, 6.45) is 17.9. The predicted molar refractivity (Wildman–Crippen MR) is 196 cm³/mol. The Bertz CT molecular complexity index is 1690. The van der Waals surface area contributed by atoms with E-state index in [9.17, 15) is 14.7 Å². The lowest BCUT2D eigenvalue weighted by Crippen LogP contribution is -2.68. The van der Waals surface area contributed by atoms with E-state index in [1.807, 2.05) is 36.1 Å². The van der Waals surface area contributed by atoms with Crippen LogP contribution in [0, 0.1) is 51.2 Å². The van der Waals surface area contributed by atoms with Gasteiger partial charge in [0.2, 0.25) is 5.91 Å². The minimum atomic E-state index is -0.873. The van der Waals surface area contributed by atoms with Gasteiger partial charge in [0, 0.05) is 37.8 Å². The van der Waals surface area contributed by atoms with Gasteiger partial charge in [-0.15, -0.1) is 0 Å². The predicted octanol–water partition coefficient (Wildman–Crippen LogP) is 9.27.